The van der Waals surface area contributed by atoms with Gasteiger partial charge in [-0.3, -0.25) is 4.79 Å². The number of benzene rings is 1. The maximum Gasteiger partial charge on any atom is 0.253 e. The van der Waals surface area contributed by atoms with Crippen LogP contribution >= 0.6 is 0 Å². The van der Waals surface area contributed by atoms with Gasteiger partial charge in [-0.1, -0.05) is 0 Å². The number of ether oxygens (including phenoxy) is 1. The van der Waals surface area contributed by atoms with Crippen LogP contribution in [0.25, 0.3) is 0 Å². The Morgan fingerprint density at radius 1 is 1.48 bits per heavy atom. The van der Waals surface area contributed by atoms with E-state index in [9.17, 15) is 4.79 Å². The zero-order chi connectivity index (χ0) is 14.8. The molecule has 4 heteroatoms. The molecule has 0 saturated heterocycles. The van der Waals surface area contributed by atoms with Crippen molar-refractivity contribution in [3.05, 3.63) is 23.8 Å². The van der Waals surface area contributed by atoms with Gasteiger partial charge in [0.05, 0.1) is 6.61 Å². The first-order chi connectivity index (χ1) is 10.1. The molecule has 1 N–H and O–H groups in total. The number of hydrogen-bond acceptors (Lipinski definition) is 3. The number of amides is 1. The summed E-state index contributed by atoms with van der Waals surface area (Å²) >= 11 is 0. The summed E-state index contributed by atoms with van der Waals surface area (Å²) in [5.74, 6) is 0.624. The third kappa shape index (κ3) is 3.56. The second-order valence-corrected chi connectivity index (χ2v) is 6.28. The molecule has 21 heavy (non-hydrogen) atoms. The smallest absolute Gasteiger partial charge is 0.253 e. The summed E-state index contributed by atoms with van der Waals surface area (Å²) in [4.78, 5) is 14.4. The number of hydrogen-bond donors (Lipinski definition) is 1. The van der Waals surface area contributed by atoms with Crippen molar-refractivity contribution in [3.8, 4) is 0 Å². The van der Waals surface area contributed by atoms with Gasteiger partial charge >= 0.3 is 0 Å². The Balaban J connectivity index is 1.60. The molecule has 1 aliphatic heterocycles. The second kappa shape index (κ2) is 6.06. The van der Waals surface area contributed by atoms with E-state index in [0.717, 1.165) is 18.7 Å². The van der Waals surface area contributed by atoms with Gasteiger partial charge in [0.25, 0.3) is 5.91 Å². The van der Waals surface area contributed by atoms with Crippen LogP contribution in [-0.4, -0.2) is 32.2 Å². The molecule has 1 atom stereocenters. The lowest BCUT2D eigenvalue weighted by atomic mass is 10.0. The first-order valence-electron chi connectivity index (χ1n) is 7.90. The third-order valence-electron chi connectivity index (χ3n) is 4.35. The van der Waals surface area contributed by atoms with Crippen LogP contribution < -0.4 is 10.2 Å². The Morgan fingerprint density at radius 3 is 3.05 bits per heavy atom. The number of rotatable bonds is 5. The van der Waals surface area contributed by atoms with Crippen LogP contribution in [0.5, 0.6) is 0 Å². The summed E-state index contributed by atoms with van der Waals surface area (Å²) in [6.07, 6.45) is 4.35. The average molecular weight is 288 g/mol. The highest BCUT2D eigenvalue weighted by atomic mass is 16.5. The molecule has 1 saturated carbocycles. The zero-order valence-electron chi connectivity index (χ0n) is 12.9. The lowest BCUT2D eigenvalue weighted by Gasteiger charge is -2.28. The van der Waals surface area contributed by atoms with Crippen LogP contribution in [-0.2, 0) is 16.0 Å². The third-order valence-corrected chi connectivity index (χ3v) is 4.35. The summed E-state index contributed by atoms with van der Waals surface area (Å²) in [6, 6.07) is 6.17. The van der Waals surface area contributed by atoms with Crippen molar-refractivity contribution >= 4 is 17.3 Å². The molecule has 4 nitrogen and oxygen atoms in total. The summed E-state index contributed by atoms with van der Waals surface area (Å²) in [5, 5.41) is 2.97. The topological polar surface area (TPSA) is 41.6 Å². The fraction of sp³-hybridized carbons (Fsp3) is 0.588. The molecule has 114 valence electrons. The van der Waals surface area contributed by atoms with Crippen molar-refractivity contribution in [1.29, 1.82) is 0 Å². The molecule has 1 amide bonds. The number of aryl methyl sites for hydroxylation is 1. The molecular weight excluding hydrogens is 264 g/mol. The molecule has 1 heterocycles. The summed E-state index contributed by atoms with van der Waals surface area (Å²) in [5.41, 5.74) is 3.46. The van der Waals surface area contributed by atoms with Gasteiger partial charge in [-0.15, -0.1) is 0 Å². The minimum atomic E-state index is -0.385. The molecule has 0 aromatic heterocycles. The largest absolute Gasteiger partial charge is 0.374 e. The highest BCUT2D eigenvalue weighted by molar-refractivity contribution is 5.94. The number of nitrogens with zero attached hydrogens (tertiary/aromatic N) is 1. The maximum atomic E-state index is 12.1. The van der Waals surface area contributed by atoms with E-state index >= 15 is 0 Å². The minimum Gasteiger partial charge on any atom is -0.374 e. The fourth-order valence-corrected chi connectivity index (χ4v) is 2.75. The molecule has 1 aliphatic carbocycles. The Hall–Kier alpha value is -1.55. The lowest BCUT2D eigenvalue weighted by Crippen LogP contribution is -2.29. The first kappa shape index (κ1) is 14.4. The van der Waals surface area contributed by atoms with Gasteiger partial charge in [-0.05, 0) is 62.3 Å². The molecule has 2 aliphatic rings. The predicted octanol–water partition coefficient (Wildman–Crippen LogP) is 2.82. The minimum absolute atomic E-state index is 0.0558. The molecule has 1 aromatic rings. The quantitative estimate of drug-likeness (QED) is 0.906. The zero-order valence-corrected chi connectivity index (χ0v) is 12.9. The molecule has 0 radical (unpaired) electrons. The molecular formula is C17H24N2O2. The van der Waals surface area contributed by atoms with Gasteiger partial charge in [-0.2, -0.15) is 0 Å². The second-order valence-electron chi connectivity index (χ2n) is 6.28. The van der Waals surface area contributed by atoms with Gasteiger partial charge in [0, 0.05) is 25.0 Å². The summed E-state index contributed by atoms with van der Waals surface area (Å²) in [7, 11) is 2.12. The van der Waals surface area contributed by atoms with Crippen molar-refractivity contribution in [2.75, 3.05) is 30.4 Å². The van der Waals surface area contributed by atoms with E-state index in [1.54, 1.807) is 0 Å². The lowest BCUT2D eigenvalue weighted by molar-refractivity contribution is -0.126. The first-order valence-corrected chi connectivity index (χ1v) is 7.90. The van der Waals surface area contributed by atoms with Gasteiger partial charge < -0.3 is 15.0 Å². The highest BCUT2D eigenvalue weighted by Gasteiger charge is 2.24. The number of anilines is 2. The summed E-state index contributed by atoms with van der Waals surface area (Å²) < 4.78 is 5.61. The number of carbonyl (C=O) groups excluding carboxylic acids is 1. The summed E-state index contributed by atoms with van der Waals surface area (Å²) in [6.45, 7) is 3.64. The van der Waals surface area contributed by atoms with Gasteiger partial charge in [-0.25, -0.2) is 0 Å². The van der Waals surface area contributed by atoms with Crippen LogP contribution in [0.2, 0.25) is 0 Å². The van der Waals surface area contributed by atoms with Crippen LogP contribution in [0.1, 0.15) is 31.7 Å². The SMILES string of the molecule is C[C@H](OCC1CC1)C(=O)Nc1ccc2c(c1)CCCN2C. The Kier molecular flexibility index (Phi) is 4.15. The molecule has 0 bridgehead atoms. The van der Waals surface area contributed by atoms with Crippen molar-refractivity contribution in [2.45, 2.75) is 38.7 Å². The van der Waals surface area contributed by atoms with E-state index in [2.05, 4.69) is 29.4 Å². The highest BCUT2D eigenvalue weighted by Crippen LogP contribution is 2.30. The Labute approximate surface area is 126 Å². The normalized spacial score (nSPS) is 19.0. The van der Waals surface area contributed by atoms with Gasteiger partial charge in [0.1, 0.15) is 6.10 Å². The van der Waals surface area contributed by atoms with Crippen molar-refractivity contribution in [1.82, 2.24) is 0 Å². The van der Waals surface area contributed by atoms with E-state index in [-0.39, 0.29) is 12.0 Å². The molecule has 0 unspecified atom stereocenters. The van der Waals surface area contributed by atoms with E-state index in [4.69, 9.17) is 4.74 Å². The average Bonchev–Trinajstić information content (AvgIpc) is 3.29. The number of carbonyl (C=O) groups is 1. The number of nitrogens with one attached hydrogen (secondary N) is 1. The Bertz CT molecular complexity index is 526. The molecule has 3 rings (SSSR count). The number of fused-ring (bicyclic) bond motifs is 1. The fourth-order valence-electron chi connectivity index (χ4n) is 2.75. The molecule has 1 aromatic carbocycles. The monoisotopic (exact) mass is 288 g/mol. The van der Waals surface area contributed by atoms with Gasteiger partial charge in [0.15, 0.2) is 0 Å². The van der Waals surface area contributed by atoms with E-state index in [0.29, 0.717) is 12.5 Å². The molecule has 0 spiro atoms. The van der Waals surface area contributed by atoms with Crippen LogP contribution in [0, 0.1) is 5.92 Å². The van der Waals surface area contributed by atoms with Crippen molar-refractivity contribution in [3.63, 3.8) is 0 Å². The van der Waals surface area contributed by atoms with Crippen molar-refractivity contribution < 1.29 is 9.53 Å². The van der Waals surface area contributed by atoms with E-state index in [1.165, 1.54) is 30.5 Å². The van der Waals surface area contributed by atoms with Crippen LogP contribution in [0.3, 0.4) is 0 Å². The van der Waals surface area contributed by atoms with Crippen LogP contribution in [0.15, 0.2) is 18.2 Å². The van der Waals surface area contributed by atoms with Crippen LogP contribution in [0.4, 0.5) is 11.4 Å². The standard InChI is InChI=1S/C17H24N2O2/c1-12(21-11-13-5-6-13)17(20)18-15-7-8-16-14(10-15)4-3-9-19(16)2/h7-8,10,12-13H,3-6,9,11H2,1-2H3,(H,18,20)/t12-/m0/s1. The van der Waals surface area contributed by atoms with Crippen molar-refractivity contribution in [2.24, 2.45) is 5.92 Å². The van der Waals surface area contributed by atoms with Gasteiger partial charge in [0.2, 0.25) is 0 Å². The predicted molar refractivity (Wildman–Crippen MR) is 84.8 cm³/mol. The Morgan fingerprint density at radius 2 is 2.29 bits per heavy atom. The maximum absolute atomic E-state index is 12.1. The molecule has 1 fully saturated rings. The van der Waals surface area contributed by atoms with E-state index < -0.39 is 0 Å². The van der Waals surface area contributed by atoms with E-state index in [1.807, 2.05) is 13.0 Å².